The Kier molecular flexibility index (Phi) is 3.96. The number of rotatable bonds is 5. The quantitative estimate of drug-likeness (QED) is 0.888. The fourth-order valence-electron chi connectivity index (χ4n) is 1.62. The minimum atomic E-state index is -3.19. The molecule has 0 aliphatic heterocycles. The van der Waals surface area contributed by atoms with Crippen LogP contribution in [0.25, 0.3) is 11.5 Å². The second kappa shape index (κ2) is 5.50. The zero-order valence-corrected chi connectivity index (χ0v) is 11.6. The zero-order valence-electron chi connectivity index (χ0n) is 10.8. The van der Waals surface area contributed by atoms with Crippen LogP contribution in [-0.4, -0.2) is 31.4 Å². The van der Waals surface area contributed by atoms with E-state index in [0.717, 1.165) is 17.4 Å². The van der Waals surface area contributed by atoms with Crippen LogP contribution in [0.2, 0.25) is 0 Å². The second-order valence-electron chi connectivity index (χ2n) is 4.23. The molecular formula is C12H15N3O3S. The Balaban J connectivity index is 2.06. The standard InChI is InChI=1S/C12H15N3O3S/c1-9-5-3-4-6-10(9)12-15-14-11(18-12)7-8-13-19(2,16)17/h3-6,13H,7-8H2,1-2H3. The molecule has 0 bridgehead atoms. The Morgan fingerprint density at radius 3 is 2.68 bits per heavy atom. The SMILES string of the molecule is Cc1ccccc1-c1nnc(CCNS(C)(=O)=O)o1. The van der Waals surface area contributed by atoms with E-state index in [0.29, 0.717) is 18.2 Å². The predicted octanol–water partition coefficient (Wildman–Crippen LogP) is 1.14. The lowest BCUT2D eigenvalue weighted by molar-refractivity contribution is 0.502. The molecule has 0 amide bonds. The van der Waals surface area contributed by atoms with E-state index in [1.807, 2.05) is 31.2 Å². The fraction of sp³-hybridized carbons (Fsp3) is 0.333. The van der Waals surface area contributed by atoms with Gasteiger partial charge in [0.1, 0.15) is 0 Å². The third-order valence-electron chi connectivity index (χ3n) is 2.55. The van der Waals surface area contributed by atoms with Gasteiger partial charge in [-0.3, -0.25) is 0 Å². The van der Waals surface area contributed by atoms with Crippen molar-refractivity contribution in [2.24, 2.45) is 0 Å². The molecule has 19 heavy (non-hydrogen) atoms. The Morgan fingerprint density at radius 2 is 2.00 bits per heavy atom. The van der Waals surface area contributed by atoms with Crippen molar-refractivity contribution in [3.05, 3.63) is 35.7 Å². The predicted molar refractivity (Wildman–Crippen MR) is 71.0 cm³/mol. The summed E-state index contributed by atoms with van der Waals surface area (Å²) in [6.45, 7) is 2.21. The number of hydrogen-bond acceptors (Lipinski definition) is 5. The number of hydrogen-bond donors (Lipinski definition) is 1. The summed E-state index contributed by atoms with van der Waals surface area (Å²) in [6, 6.07) is 7.70. The number of nitrogens with zero attached hydrogens (tertiary/aromatic N) is 2. The molecular weight excluding hydrogens is 266 g/mol. The van der Waals surface area contributed by atoms with Crippen LogP contribution in [0.4, 0.5) is 0 Å². The van der Waals surface area contributed by atoms with Gasteiger partial charge >= 0.3 is 0 Å². The molecule has 2 rings (SSSR count). The second-order valence-corrected chi connectivity index (χ2v) is 6.07. The molecule has 1 N–H and O–H groups in total. The number of benzene rings is 1. The molecule has 6 nitrogen and oxygen atoms in total. The van der Waals surface area contributed by atoms with Crippen LogP contribution in [0.5, 0.6) is 0 Å². The van der Waals surface area contributed by atoms with Crippen molar-refractivity contribution in [1.82, 2.24) is 14.9 Å². The molecule has 0 saturated carbocycles. The minimum absolute atomic E-state index is 0.244. The van der Waals surface area contributed by atoms with Gasteiger partial charge in [0.25, 0.3) is 0 Å². The highest BCUT2D eigenvalue weighted by molar-refractivity contribution is 7.88. The van der Waals surface area contributed by atoms with Gasteiger partial charge in [-0.25, -0.2) is 13.1 Å². The van der Waals surface area contributed by atoms with E-state index in [4.69, 9.17) is 4.42 Å². The van der Waals surface area contributed by atoms with Crippen molar-refractivity contribution in [2.75, 3.05) is 12.8 Å². The molecule has 0 aliphatic rings. The van der Waals surface area contributed by atoms with Crippen molar-refractivity contribution < 1.29 is 12.8 Å². The first-order valence-corrected chi connectivity index (χ1v) is 7.68. The highest BCUT2D eigenvalue weighted by atomic mass is 32.2. The van der Waals surface area contributed by atoms with Crippen molar-refractivity contribution in [2.45, 2.75) is 13.3 Å². The maximum atomic E-state index is 10.9. The number of nitrogens with one attached hydrogen (secondary N) is 1. The summed E-state index contributed by atoms with van der Waals surface area (Å²) in [4.78, 5) is 0. The lowest BCUT2D eigenvalue weighted by Crippen LogP contribution is -2.24. The molecule has 0 aliphatic carbocycles. The molecule has 0 unspecified atom stereocenters. The van der Waals surface area contributed by atoms with Gasteiger partial charge in [-0.1, -0.05) is 18.2 Å². The lowest BCUT2D eigenvalue weighted by Gasteiger charge is -1.99. The summed E-state index contributed by atoms with van der Waals surface area (Å²) < 4.78 is 29.7. The third kappa shape index (κ3) is 3.87. The summed E-state index contributed by atoms with van der Waals surface area (Å²) in [5, 5.41) is 7.87. The van der Waals surface area contributed by atoms with Gasteiger partial charge in [0.15, 0.2) is 0 Å². The van der Waals surface area contributed by atoms with Gasteiger partial charge in [-0.15, -0.1) is 10.2 Å². The molecule has 0 saturated heterocycles. The van der Waals surface area contributed by atoms with Crippen LogP contribution in [0.15, 0.2) is 28.7 Å². The van der Waals surface area contributed by atoms with Gasteiger partial charge in [0, 0.05) is 18.5 Å². The molecule has 1 aromatic heterocycles. The van der Waals surface area contributed by atoms with E-state index in [1.54, 1.807) is 0 Å². The summed E-state index contributed by atoms with van der Waals surface area (Å²) >= 11 is 0. The van der Waals surface area contributed by atoms with E-state index in [2.05, 4.69) is 14.9 Å². The smallest absolute Gasteiger partial charge is 0.247 e. The Hall–Kier alpha value is -1.73. The van der Waals surface area contributed by atoms with E-state index in [1.165, 1.54) is 0 Å². The highest BCUT2D eigenvalue weighted by Crippen LogP contribution is 2.21. The van der Waals surface area contributed by atoms with E-state index < -0.39 is 10.0 Å². The first-order chi connectivity index (χ1) is 8.96. The molecule has 2 aromatic rings. The highest BCUT2D eigenvalue weighted by Gasteiger charge is 2.10. The summed E-state index contributed by atoms with van der Waals surface area (Å²) in [6.07, 6.45) is 1.48. The van der Waals surface area contributed by atoms with Gasteiger partial charge in [0.05, 0.1) is 6.26 Å². The van der Waals surface area contributed by atoms with E-state index in [9.17, 15) is 8.42 Å². The monoisotopic (exact) mass is 281 g/mol. The molecule has 0 radical (unpaired) electrons. The van der Waals surface area contributed by atoms with Gasteiger partial charge in [-0.05, 0) is 18.6 Å². The molecule has 1 heterocycles. The van der Waals surface area contributed by atoms with Gasteiger partial charge in [-0.2, -0.15) is 0 Å². The lowest BCUT2D eigenvalue weighted by atomic mass is 10.1. The van der Waals surface area contributed by atoms with Gasteiger partial charge < -0.3 is 4.42 Å². The topological polar surface area (TPSA) is 85.1 Å². The third-order valence-corrected chi connectivity index (χ3v) is 3.27. The van der Waals surface area contributed by atoms with Crippen molar-refractivity contribution in [3.8, 4) is 11.5 Å². The molecule has 0 fully saturated rings. The Labute approximate surface area is 111 Å². The number of sulfonamides is 1. The zero-order chi connectivity index (χ0) is 13.9. The average molecular weight is 281 g/mol. The van der Waals surface area contributed by atoms with Crippen molar-refractivity contribution >= 4 is 10.0 Å². The van der Waals surface area contributed by atoms with Crippen LogP contribution < -0.4 is 4.72 Å². The Morgan fingerprint density at radius 1 is 1.26 bits per heavy atom. The van der Waals surface area contributed by atoms with E-state index in [-0.39, 0.29) is 6.54 Å². The van der Waals surface area contributed by atoms with Crippen molar-refractivity contribution in [1.29, 1.82) is 0 Å². The van der Waals surface area contributed by atoms with Crippen LogP contribution in [0.1, 0.15) is 11.5 Å². The van der Waals surface area contributed by atoms with Crippen molar-refractivity contribution in [3.63, 3.8) is 0 Å². The molecule has 7 heteroatoms. The van der Waals surface area contributed by atoms with Crippen LogP contribution in [0, 0.1) is 6.92 Å². The fourth-order valence-corrected chi connectivity index (χ4v) is 2.09. The normalized spacial score (nSPS) is 11.7. The molecule has 1 aromatic carbocycles. The summed E-state index contributed by atoms with van der Waals surface area (Å²) in [5.74, 6) is 0.863. The molecule has 102 valence electrons. The molecule has 0 atom stereocenters. The van der Waals surface area contributed by atoms with Crippen LogP contribution in [0.3, 0.4) is 0 Å². The van der Waals surface area contributed by atoms with Crippen LogP contribution >= 0.6 is 0 Å². The number of aryl methyl sites for hydroxylation is 1. The molecule has 0 spiro atoms. The number of aromatic nitrogens is 2. The van der Waals surface area contributed by atoms with Gasteiger partial charge in [0.2, 0.25) is 21.8 Å². The van der Waals surface area contributed by atoms with E-state index >= 15 is 0 Å². The first kappa shape index (κ1) is 13.7. The summed E-state index contributed by atoms with van der Waals surface area (Å²) in [7, 11) is -3.19. The Bertz CT molecular complexity index is 664. The minimum Gasteiger partial charge on any atom is -0.421 e. The maximum Gasteiger partial charge on any atom is 0.247 e. The van der Waals surface area contributed by atoms with Crippen LogP contribution in [-0.2, 0) is 16.4 Å². The first-order valence-electron chi connectivity index (χ1n) is 5.79. The average Bonchev–Trinajstić information content (AvgIpc) is 2.76. The summed E-state index contributed by atoms with van der Waals surface area (Å²) in [5.41, 5.74) is 1.93. The maximum absolute atomic E-state index is 10.9. The largest absolute Gasteiger partial charge is 0.421 e.